The molecule has 142 valence electrons. The van der Waals surface area contributed by atoms with Crippen LogP contribution < -0.4 is 5.56 Å². The number of aromatic nitrogens is 2. The minimum absolute atomic E-state index is 0.00767. The van der Waals surface area contributed by atoms with Crippen molar-refractivity contribution in [3.63, 3.8) is 0 Å². The summed E-state index contributed by atoms with van der Waals surface area (Å²) in [6.07, 6.45) is 1.03. The predicted molar refractivity (Wildman–Crippen MR) is 106 cm³/mol. The lowest BCUT2D eigenvalue weighted by Gasteiger charge is -2.32. The zero-order chi connectivity index (χ0) is 18.8. The van der Waals surface area contributed by atoms with E-state index in [1.54, 1.807) is 15.9 Å². The molecule has 1 atom stereocenters. The van der Waals surface area contributed by atoms with E-state index in [4.69, 9.17) is 4.74 Å². The van der Waals surface area contributed by atoms with Gasteiger partial charge in [-0.3, -0.25) is 14.2 Å². The molecule has 0 spiro atoms. The van der Waals surface area contributed by atoms with E-state index >= 15 is 0 Å². The van der Waals surface area contributed by atoms with Crippen LogP contribution >= 0.6 is 23.1 Å². The second-order valence-corrected chi connectivity index (χ2v) is 8.58. The van der Waals surface area contributed by atoms with Crippen LogP contribution in [0.4, 0.5) is 0 Å². The zero-order valence-electron chi connectivity index (χ0n) is 15.7. The Balaban J connectivity index is 1.80. The van der Waals surface area contributed by atoms with E-state index in [0.717, 1.165) is 21.7 Å². The Morgan fingerprint density at radius 1 is 1.38 bits per heavy atom. The van der Waals surface area contributed by atoms with Crippen LogP contribution in [0.3, 0.4) is 0 Å². The van der Waals surface area contributed by atoms with Gasteiger partial charge in [0, 0.05) is 24.5 Å². The van der Waals surface area contributed by atoms with E-state index in [9.17, 15) is 9.59 Å². The Labute approximate surface area is 161 Å². The van der Waals surface area contributed by atoms with Crippen LogP contribution in [0, 0.1) is 13.8 Å². The molecule has 8 heteroatoms. The molecule has 2 aromatic heterocycles. The van der Waals surface area contributed by atoms with Crippen LogP contribution in [-0.2, 0) is 16.1 Å². The summed E-state index contributed by atoms with van der Waals surface area (Å²) in [6, 6.07) is 0. The number of hydrogen-bond acceptors (Lipinski definition) is 6. The van der Waals surface area contributed by atoms with Crippen molar-refractivity contribution in [3.05, 3.63) is 20.8 Å². The fraction of sp³-hybridized carbons (Fsp3) is 0.611. The summed E-state index contributed by atoms with van der Waals surface area (Å²) in [4.78, 5) is 33.8. The number of carbonyl (C=O) groups is 1. The predicted octanol–water partition coefficient (Wildman–Crippen LogP) is 2.82. The maximum atomic E-state index is 12.8. The molecule has 1 fully saturated rings. The number of hydrogen-bond donors (Lipinski definition) is 0. The minimum Gasteiger partial charge on any atom is -0.375 e. The van der Waals surface area contributed by atoms with Gasteiger partial charge in [-0.2, -0.15) is 0 Å². The van der Waals surface area contributed by atoms with Crippen LogP contribution in [0.1, 0.15) is 30.7 Å². The van der Waals surface area contributed by atoms with Gasteiger partial charge in [0.15, 0.2) is 5.16 Å². The molecule has 1 aliphatic rings. The molecule has 1 aliphatic heterocycles. The van der Waals surface area contributed by atoms with Gasteiger partial charge in [0.2, 0.25) is 5.91 Å². The van der Waals surface area contributed by atoms with Gasteiger partial charge >= 0.3 is 0 Å². The molecule has 3 heterocycles. The van der Waals surface area contributed by atoms with Gasteiger partial charge in [0.05, 0.1) is 23.8 Å². The lowest BCUT2D eigenvalue weighted by molar-refractivity contribution is -0.135. The smallest absolute Gasteiger partial charge is 0.263 e. The highest BCUT2D eigenvalue weighted by Gasteiger charge is 2.24. The number of ether oxygens (including phenoxy) is 1. The molecule has 2 aromatic rings. The summed E-state index contributed by atoms with van der Waals surface area (Å²) in [7, 11) is 0. The molecule has 0 aromatic carbocycles. The molecule has 1 amide bonds. The molecule has 0 bridgehead atoms. The van der Waals surface area contributed by atoms with Gasteiger partial charge in [-0.15, -0.1) is 11.3 Å². The largest absolute Gasteiger partial charge is 0.375 e. The molecule has 1 saturated heterocycles. The van der Waals surface area contributed by atoms with E-state index in [-0.39, 0.29) is 23.3 Å². The number of aryl methyl sites for hydroxylation is 2. The molecule has 0 radical (unpaired) electrons. The average molecular weight is 396 g/mol. The number of thioether (sulfide) groups is 1. The van der Waals surface area contributed by atoms with Crippen LogP contribution in [0.2, 0.25) is 0 Å². The molecule has 1 unspecified atom stereocenters. The highest BCUT2D eigenvalue weighted by molar-refractivity contribution is 7.99. The second kappa shape index (κ2) is 8.10. The normalized spacial score (nSPS) is 17.8. The Hall–Kier alpha value is -1.38. The zero-order valence-corrected chi connectivity index (χ0v) is 17.3. The van der Waals surface area contributed by atoms with Gasteiger partial charge in [-0.05, 0) is 32.8 Å². The molecule has 0 aliphatic carbocycles. The first-order chi connectivity index (χ1) is 12.5. The first kappa shape index (κ1) is 19.4. The van der Waals surface area contributed by atoms with Crippen molar-refractivity contribution in [2.45, 2.75) is 51.9 Å². The van der Waals surface area contributed by atoms with Crippen molar-refractivity contribution in [1.29, 1.82) is 0 Å². The fourth-order valence-corrected chi connectivity index (χ4v) is 5.14. The Morgan fingerprint density at radius 2 is 2.15 bits per heavy atom. The number of rotatable bonds is 5. The summed E-state index contributed by atoms with van der Waals surface area (Å²) in [5.74, 6) is 0.366. The van der Waals surface area contributed by atoms with Crippen LogP contribution in [0.25, 0.3) is 10.2 Å². The highest BCUT2D eigenvalue weighted by Crippen LogP contribution is 2.28. The van der Waals surface area contributed by atoms with E-state index in [2.05, 4.69) is 11.9 Å². The molecule has 6 nitrogen and oxygen atoms in total. The Bertz CT molecular complexity index is 875. The molecule has 0 N–H and O–H groups in total. The SMILES string of the molecule is CCC1CN(C(=O)CSc2nc3sc(C)c(C)c3c(=O)n2CC)CCO1. The third kappa shape index (κ3) is 3.68. The van der Waals surface area contributed by atoms with Crippen LogP contribution in [-0.4, -0.2) is 51.9 Å². The van der Waals surface area contributed by atoms with Crippen molar-refractivity contribution < 1.29 is 9.53 Å². The van der Waals surface area contributed by atoms with Gasteiger partial charge < -0.3 is 9.64 Å². The maximum Gasteiger partial charge on any atom is 0.263 e. The number of carbonyl (C=O) groups excluding carboxylic acids is 1. The van der Waals surface area contributed by atoms with Crippen molar-refractivity contribution in [2.24, 2.45) is 0 Å². The number of amides is 1. The molecule has 0 saturated carbocycles. The third-order valence-corrected chi connectivity index (χ3v) is 6.90. The number of nitrogens with zero attached hydrogens (tertiary/aromatic N) is 3. The summed E-state index contributed by atoms with van der Waals surface area (Å²) in [5.41, 5.74) is 1.00. The van der Waals surface area contributed by atoms with E-state index < -0.39 is 0 Å². The van der Waals surface area contributed by atoms with Crippen molar-refractivity contribution in [3.8, 4) is 0 Å². The number of morpholine rings is 1. The summed E-state index contributed by atoms with van der Waals surface area (Å²) >= 11 is 2.90. The van der Waals surface area contributed by atoms with Crippen LogP contribution in [0.5, 0.6) is 0 Å². The van der Waals surface area contributed by atoms with Crippen molar-refractivity contribution in [1.82, 2.24) is 14.5 Å². The fourth-order valence-electron chi connectivity index (χ4n) is 3.11. The quantitative estimate of drug-likeness (QED) is 0.575. The summed E-state index contributed by atoms with van der Waals surface area (Å²) < 4.78 is 7.30. The third-order valence-electron chi connectivity index (χ3n) is 4.84. The van der Waals surface area contributed by atoms with E-state index in [1.807, 2.05) is 25.7 Å². The van der Waals surface area contributed by atoms with Gasteiger partial charge in [0.25, 0.3) is 5.56 Å². The second-order valence-electron chi connectivity index (χ2n) is 6.44. The first-order valence-electron chi connectivity index (χ1n) is 8.98. The van der Waals surface area contributed by atoms with E-state index in [1.165, 1.54) is 11.8 Å². The van der Waals surface area contributed by atoms with Gasteiger partial charge in [0.1, 0.15) is 4.83 Å². The monoisotopic (exact) mass is 395 g/mol. The standard InChI is InChI=1S/C18H25N3O3S2/c1-5-13-9-20(7-8-24-13)14(22)10-25-18-19-16-15(11(3)12(4)26-16)17(23)21(18)6-2/h13H,5-10H2,1-4H3. The molecular formula is C18H25N3O3S2. The Morgan fingerprint density at radius 3 is 2.85 bits per heavy atom. The van der Waals surface area contributed by atoms with Gasteiger partial charge in [-0.25, -0.2) is 4.98 Å². The van der Waals surface area contributed by atoms with Crippen molar-refractivity contribution >= 4 is 39.2 Å². The van der Waals surface area contributed by atoms with E-state index in [0.29, 0.717) is 36.8 Å². The molecule has 3 rings (SSSR count). The minimum atomic E-state index is -0.00767. The summed E-state index contributed by atoms with van der Waals surface area (Å²) in [5, 5.41) is 1.34. The Kier molecular flexibility index (Phi) is 6.04. The molecule has 26 heavy (non-hydrogen) atoms. The number of thiophene rings is 1. The average Bonchev–Trinajstić information content (AvgIpc) is 2.93. The number of fused-ring (bicyclic) bond motifs is 1. The summed E-state index contributed by atoms with van der Waals surface area (Å²) in [6.45, 7) is 10.4. The first-order valence-corrected chi connectivity index (χ1v) is 10.8. The lowest BCUT2D eigenvalue weighted by Crippen LogP contribution is -2.46. The van der Waals surface area contributed by atoms with Crippen molar-refractivity contribution in [2.75, 3.05) is 25.4 Å². The molecular weight excluding hydrogens is 370 g/mol. The highest BCUT2D eigenvalue weighted by atomic mass is 32.2. The van der Waals surface area contributed by atoms with Crippen LogP contribution in [0.15, 0.2) is 9.95 Å². The maximum absolute atomic E-state index is 12.8. The topological polar surface area (TPSA) is 64.4 Å². The van der Waals surface area contributed by atoms with Gasteiger partial charge in [-0.1, -0.05) is 18.7 Å². The lowest BCUT2D eigenvalue weighted by atomic mass is 10.2.